The minimum atomic E-state index is -3.66. The molecule has 1 aromatic rings. The second-order valence-electron chi connectivity index (χ2n) is 4.92. The van der Waals surface area contributed by atoms with Gasteiger partial charge in [-0.25, -0.2) is 13.2 Å². The molecule has 0 amide bonds. The zero-order chi connectivity index (χ0) is 15.1. The number of aromatic nitrogens is 1. The van der Waals surface area contributed by atoms with Gasteiger partial charge in [-0.2, -0.15) is 16.1 Å². The molecule has 112 valence electrons. The van der Waals surface area contributed by atoms with Crippen molar-refractivity contribution in [3.8, 4) is 0 Å². The predicted octanol–water partition coefficient (Wildman–Crippen LogP) is 1.46. The van der Waals surface area contributed by atoms with Crippen LogP contribution < -0.4 is 0 Å². The molecular formula is C12H18N2O4S2. The first-order chi connectivity index (χ1) is 9.26. The minimum absolute atomic E-state index is 0.0555. The van der Waals surface area contributed by atoms with Crippen molar-refractivity contribution >= 4 is 27.8 Å². The van der Waals surface area contributed by atoms with E-state index in [0.717, 1.165) is 11.5 Å². The fourth-order valence-electron chi connectivity index (χ4n) is 2.52. The summed E-state index contributed by atoms with van der Waals surface area (Å²) in [6, 6.07) is -0.0827. The van der Waals surface area contributed by atoms with Crippen LogP contribution in [0.3, 0.4) is 0 Å². The first-order valence-electron chi connectivity index (χ1n) is 6.29. The molecule has 0 spiro atoms. The Balaban J connectivity index is 2.52. The smallest absolute Gasteiger partial charge is 0.352 e. The third-order valence-corrected chi connectivity index (χ3v) is 6.93. The SMILES string of the molecule is Cc1[nH]c(C(=O)O)c(C)c1S(=O)(=O)N1CCSCC1C. The molecular weight excluding hydrogens is 300 g/mol. The summed E-state index contributed by atoms with van der Waals surface area (Å²) >= 11 is 1.73. The molecule has 2 rings (SSSR count). The highest BCUT2D eigenvalue weighted by Gasteiger charge is 2.35. The number of aryl methyl sites for hydroxylation is 1. The monoisotopic (exact) mass is 318 g/mol. The fourth-order valence-corrected chi connectivity index (χ4v) is 5.78. The van der Waals surface area contributed by atoms with E-state index < -0.39 is 16.0 Å². The second kappa shape index (κ2) is 5.42. The minimum Gasteiger partial charge on any atom is -0.477 e. The maximum atomic E-state index is 12.8. The highest BCUT2D eigenvalue weighted by atomic mass is 32.2. The molecule has 1 aliphatic rings. The molecule has 1 fully saturated rings. The van der Waals surface area contributed by atoms with Gasteiger partial charge in [-0.05, 0) is 20.8 Å². The maximum Gasteiger partial charge on any atom is 0.352 e. The van der Waals surface area contributed by atoms with E-state index in [2.05, 4.69) is 4.98 Å². The van der Waals surface area contributed by atoms with Gasteiger partial charge in [-0.1, -0.05) is 0 Å². The van der Waals surface area contributed by atoms with Gasteiger partial charge in [0.1, 0.15) is 10.6 Å². The first kappa shape index (κ1) is 15.4. The van der Waals surface area contributed by atoms with E-state index in [1.165, 1.54) is 11.2 Å². The van der Waals surface area contributed by atoms with E-state index in [1.807, 2.05) is 6.92 Å². The summed E-state index contributed by atoms with van der Waals surface area (Å²) in [4.78, 5) is 13.9. The first-order valence-corrected chi connectivity index (χ1v) is 8.88. The van der Waals surface area contributed by atoms with Gasteiger partial charge in [0.2, 0.25) is 10.0 Å². The third-order valence-electron chi connectivity index (χ3n) is 3.46. The molecule has 0 radical (unpaired) electrons. The number of hydrogen-bond donors (Lipinski definition) is 2. The van der Waals surface area contributed by atoms with Crippen LogP contribution in [-0.4, -0.2) is 52.9 Å². The quantitative estimate of drug-likeness (QED) is 0.880. The van der Waals surface area contributed by atoms with Crippen LogP contribution in [0, 0.1) is 13.8 Å². The van der Waals surface area contributed by atoms with E-state index in [9.17, 15) is 13.2 Å². The van der Waals surface area contributed by atoms with Crippen molar-refractivity contribution in [1.29, 1.82) is 0 Å². The van der Waals surface area contributed by atoms with Crippen LogP contribution in [0.15, 0.2) is 4.90 Å². The van der Waals surface area contributed by atoms with Crippen molar-refractivity contribution < 1.29 is 18.3 Å². The predicted molar refractivity (Wildman–Crippen MR) is 77.9 cm³/mol. The van der Waals surface area contributed by atoms with E-state index in [-0.39, 0.29) is 22.2 Å². The molecule has 0 saturated carbocycles. The number of hydrogen-bond acceptors (Lipinski definition) is 4. The number of H-pyrrole nitrogens is 1. The van der Waals surface area contributed by atoms with Gasteiger partial charge in [0.05, 0.1) is 0 Å². The summed E-state index contributed by atoms with van der Waals surface area (Å²) in [5.41, 5.74) is 0.603. The molecule has 0 aliphatic carbocycles. The van der Waals surface area contributed by atoms with Crippen molar-refractivity contribution in [2.45, 2.75) is 31.7 Å². The summed E-state index contributed by atoms with van der Waals surface area (Å²) < 4.78 is 27.0. The van der Waals surface area contributed by atoms with E-state index in [4.69, 9.17) is 5.11 Å². The Morgan fingerprint density at radius 1 is 1.45 bits per heavy atom. The van der Waals surface area contributed by atoms with Crippen molar-refractivity contribution in [1.82, 2.24) is 9.29 Å². The number of carbonyl (C=O) groups is 1. The Morgan fingerprint density at radius 3 is 2.60 bits per heavy atom. The highest BCUT2D eigenvalue weighted by Crippen LogP contribution is 2.30. The van der Waals surface area contributed by atoms with Crippen molar-refractivity contribution in [3.05, 3.63) is 17.0 Å². The zero-order valence-corrected chi connectivity index (χ0v) is 13.3. The average Bonchev–Trinajstić information content (AvgIpc) is 2.65. The van der Waals surface area contributed by atoms with Gasteiger partial charge in [-0.3, -0.25) is 0 Å². The number of nitrogens with zero attached hydrogens (tertiary/aromatic N) is 1. The molecule has 8 heteroatoms. The number of aromatic amines is 1. The molecule has 1 unspecified atom stereocenters. The lowest BCUT2D eigenvalue weighted by Crippen LogP contribution is -2.44. The Hall–Kier alpha value is -0.990. The van der Waals surface area contributed by atoms with Crippen LogP contribution in [0.4, 0.5) is 0 Å². The van der Waals surface area contributed by atoms with Crippen LogP contribution in [0.1, 0.15) is 28.7 Å². The topological polar surface area (TPSA) is 90.5 Å². The number of nitrogens with one attached hydrogen (secondary N) is 1. The summed E-state index contributed by atoms with van der Waals surface area (Å²) in [5, 5.41) is 9.09. The lowest BCUT2D eigenvalue weighted by molar-refractivity contribution is 0.0690. The fraction of sp³-hybridized carbons (Fsp3) is 0.583. The number of carboxylic acids is 1. The standard InChI is InChI=1S/C12H18N2O4S2/c1-7-6-19-5-4-14(7)20(17,18)11-8(2)10(12(15)16)13-9(11)3/h7,13H,4-6H2,1-3H3,(H,15,16). The van der Waals surface area contributed by atoms with Crippen LogP contribution in [0.2, 0.25) is 0 Å². The molecule has 0 aromatic carbocycles. The molecule has 1 aromatic heterocycles. The van der Waals surface area contributed by atoms with Crippen molar-refractivity contribution in [3.63, 3.8) is 0 Å². The largest absolute Gasteiger partial charge is 0.477 e. The van der Waals surface area contributed by atoms with Crippen molar-refractivity contribution in [2.24, 2.45) is 0 Å². The van der Waals surface area contributed by atoms with Crippen molar-refractivity contribution in [2.75, 3.05) is 18.1 Å². The van der Waals surface area contributed by atoms with Gasteiger partial charge >= 0.3 is 5.97 Å². The molecule has 1 saturated heterocycles. The van der Waals surface area contributed by atoms with Crippen LogP contribution >= 0.6 is 11.8 Å². The average molecular weight is 318 g/mol. The van der Waals surface area contributed by atoms with E-state index in [1.54, 1.807) is 18.7 Å². The van der Waals surface area contributed by atoms with Crippen LogP contribution in [0.5, 0.6) is 0 Å². The molecule has 2 N–H and O–H groups in total. The van der Waals surface area contributed by atoms with E-state index >= 15 is 0 Å². The van der Waals surface area contributed by atoms with Gasteiger partial charge in [0, 0.05) is 35.3 Å². The van der Waals surface area contributed by atoms with Gasteiger partial charge < -0.3 is 10.1 Å². The normalized spacial score (nSPS) is 21.1. The summed E-state index contributed by atoms with van der Waals surface area (Å²) in [7, 11) is -3.66. The van der Waals surface area contributed by atoms with Gasteiger partial charge in [0.15, 0.2) is 0 Å². The zero-order valence-electron chi connectivity index (χ0n) is 11.6. The Labute approximate surface area is 122 Å². The molecule has 6 nitrogen and oxygen atoms in total. The maximum absolute atomic E-state index is 12.8. The number of rotatable bonds is 3. The third kappa shape index (κ3) is 2.47. The number of sulfonamides is 1. The summed E-state index contributed by atoms with van der Waals surface area (Å²) in [6.07, 6.45) is 0. The lowest BCUT2D eigenvalue weighted by atomic mass is 10.2. The molecule has 0 bridgehead atoms. The van der Waals surface area contributed by atoms with E-state index in [0.29, 0.717) is 12.2 Å². The Bertz CT molecular complexity index is 636. The Kier molecular flexibility index (Phi) is 4.17. The Morgan fingerprint density at radius 2 is 2.10 bits per heavy atom. The van der Waals surface area contributed by atoms with Crippen LogP contribution in [0.25, 0.3) is 0 Å². The number of thioether (sulfide) groups is 1. The van der Waals surface area contributed by atoms with Gasteiger partial charge in [0.25, 0.3) is 0 Å². The molecule has 1 atom stereocenters. The molecule has 2 heterocycles. The van der Waals surface area contributed by atoms with Gasteiger partial charge in [-0.15, -0.1) is 0 Å². The second-order valence-corrected chi connectivity index (χ2v) is 7.90. The molecule has 20 heavy (non-hydrogen) atoms. The number of aromatic carboxylic acids is 1. The summed E-state index contributed by atoms with van der Waals surface area (Å²) in [6.45, 7) is 5.46. The molecule has 1 aliphatic heterocycles. The lowest BCUT2D eigenvalue weighted by Gasteiger charge is -2.32. The highest BCUT2D eigenvalue weighted by molar-refractivity contribution is 7.99. The van der Waals surface area contributed by atoms with Crippen LogP contribution in [-0.2, 0) is 10.0 Å². The number of carboxylic acid groups (broad SMARTS) is 1. The summed E-state index contributed by atoms with van der Waals surface area (Å²) in [5.74, 6) is 0.375.